The molecule has 5 heteroatoms. The van der Waals surface area contributed by atoms with Gasteiger partial charge in [-0.2, -0.15) is 0 Å². The van der Waals surface area contributed by atoms with Crippen molar-refractivity contribution in [1.29, 1.82) is 0 Å². The quantitative estimate of drug-likeness (QED) is 0.843. The molecule has 2 N–H and O–H groups in total. The standard InChI is InChI=1S/C14H16BrN3S/c1-2-11(16)13(12-7-3-4-8-17-12)19-14-10(15)6-5-9-18-14/h3-9,11,13H,2,16H2,1H3. The fourth-order valence-corrected chi connectivity index (χ4v) is 3.41. The summed E-state index contributed by atoms with van der Waals surface area (Å²) in [6.45, 7) is 2.09. The van der Waals surface area contributed by atoms with Crippen molar-refractivity contribution < 1.29 is 0 Å². The number of rotatable bonds is 5. The lowest BCUT2D eigenvalue weighted by Gasteiger charge is -2.21. The smallest absolute Gasteiger partial charge is 0.111 e. The molecule has 0 radical (unpaired) electrons. The van der Waals surface area contributed by atoms with Crippen LogP contribution in [0, 0.1) is 0 Å². The highest BCUT2D eigenvalue weighted by Crippen LogP contribution is 2.38. The summed E-state index contributed by atoms with van der Waals surface area (Å²) in [5.41, 5.74) is 7.24. The van der Waals surface area contributed by atoms with Gasteiger partial charge in [-0.15, -0.1) is 0 Å². The van der Waals surface area contributed by atoms with Gasteiger partial charge < -0.3 is 5.73 Å². The van der Waals surface area contributed by atoms with E-state index in [2.05, 4.69) is 32.8 Å². The molecular formula is C14H16BrN3S. The highest BCUT2D eigenvalue weighted by molar-refractivity contribution is 9.10. The van der Waals surface area contributed by atoms with Crippen molar-refractivity contribution in [2.45, 2.75) is 29.7 Å². The van der Waals surface area contributed by atoms with Crippen LogP contribution in [-0.4, -0.2) is 16.0 Å². The molecule has 2 aromatic rings. The molecule has 3 nitrogen and oxygen atoms in total. The molecule has 2 atom stereocenters. The second-order valence-electron chi connectivity index (χ2n) is 4.16. The Morgan fingerprint density at radius 3 is 2.63 bits per heavy atom. The van der Waals surface area contributed by atoms with E-state index in [0.717, 1.165) is 21.6 Å². The first-order valence-electron chi connectivity index (χ1n) is 6.16. The first-order chi connectivity index (χ1) is 9.22. The Labute approximate surface area is 126 Å². The number of halogens is 1. The number of aromatic nitrogens is 2. The molecule has 0 aliphatic carbocycles. The molecule has 0 aromatic carbocycles. The van der Waals surface area contributed by atoms with Crippen LogP contribution in [0.2, 0.25) is 0 Å². The summed E-state index contributed by atoms with van der Waals surface area (Å²) >= 11 is 5.18. The molecule has 2 heterocycles. The third kappa shape index (κ3) is 3.78. The largest absolute Gasteiger partial charge is 0.326 e. The van der Waals surface area contributed by atoms with E-state index in [-0.39, 0.29) is 11.3 Å². The average Bonchev–Trinajstić information content (AvgIpc) is 2.46. The Morgan fingerprint density at radius 2 is 2.00 bits per heavy atom. The van der Waals surface area contributed by atoms with Crippen molar-refractivity contribution in [3.63, 3.8) is 0 Å². The van der Waals surface area contributed by atoms with Crippen molar-refractivity contribution in [3.05, 3.63) is 52.9 Å². The number of pyridine rings is 2. The second-order valence-corrected chi connectivity index (χ2v) is 6.14. The van der Waals surface area contributed by atoms with Gasteiger partial charge in [0.05, 0.1) is 10.9 Å². The van der Waals surface area contributed by atoms with Crippen LogP contribution in [-0.2, 0) is 0 Å². The Hall–Kier alpha value is -0.910. The first-order valence-corrected chi connectivity index (χ1v) is 7.83. The second kappa shape index (κ2) is 7.03. The van der Waals surface area contributed by atoms with Gasteiger partial charge in [-0.05, 0) is 46.6 Å². The van der Waals surface area contributed by atoms with Gasteiger partial charge in [-0.25, -0.2) is 4.98 Å². The van der Waals surface area contributed by atoms with Gasteiger partial charge in [0.25, 0.3) is 0 Å². The van der Waals surface area contributed by atoms with E-state index in [0.29, 0.717) is 0 Å². The Balaban J connectivity index is 2.27. The van der Waals surface area contributed by atoms with E-state index < -0.39 is 0 Å². The molecular weight excluding hydrogens is 322 g/mol. The number of nitrogens with two attached hydrogens (primary N) is 1. The van der Waals surface area contributed by atoms with E-state index in [1.165, 1.54) is 0 Å². The molecule has 0 aliphatic rings. The van der Waals surface area contributed by atoms with Crippen molar-refractivity contribution in [1.82, 2.24) is 9.97 Å². The molecule has 0 saturated heterocycles. The number of hydrogen-bond acceptors (Lipinski definition) is 4. The molecule has 100 valence electrons. The summed E-state index contributed by atoms with van der Waals surface area (Å²) in [7, 11) is 0. The molecule has 0 spiro atoms. The van der Waals surface area contributed by atoms with Crippen LogP contribution in [0.4, 0.5) is 0 Å². The average molecular weight is 338 g/mol. The zero-order valence-electron chi connectivity index (χ0n) is 10.7. The highest BCUT2D eigenvalue weighted by atomic mass is 79.9. The first kappa shape index (κ1) is 14.5. The van der Waals surface area contributed by atoms with Gasteiger partial charge in [0, 0.05) is 22.9 Å². The van der Waals surface area contributed by atoms with Crippen molar-refractivity contribution in [2.24, 2.45) is 5.73 Å². The minimum absolute atomic E-state index is 0.0498. The number of hydrogen-bond donors (Lipinski definition) is 1. The normalized spacial score (nSPS) is 14.1. The lowest BCUT2D eigenvalue weighted by molar-refractivity contribution is 0.623. The van der Waals surface area contributed by atoms with Crippen LogP contribution < -0.4 is 5.73 Å². The van der Waals surface area contributed by atoms with Crippen LogP contribution in [0.1, 0.15) is 24.3 Å². The number of nitrogens with zero attached hydrogens (tertiary/aromatic N) is 2. The predicted octanol–water partition coefficient (Wildman–Crippen LogP) is 3.81. The topological polar surface area (TPSA) is 51.8 Å². The minimum Gasteiger partial charge on any atom is -0.326 e. The summed E-state index contributed by atoms with van der Waals surface area (Å²) < 4.78 is 0.990. The molecule has 19 heavy (non-hydrogen) atoms. The lowest BCUT2D eigenvalue weighted by Crippen LogP contribution is -2.26. The molecule has 2 unspecified atom stereocenters. The van der Waals surface area contributed by atoms with Crippen LogP contribution in [0.5, 0.6) is 0 Å². The summed E-state index contributed by atoms with van der Waals surface area (Å²) in [6, 6.07) is 9.87. The van der Waals surface area contributed by atoms with E-state index in [4.69, 9.17) is 5.73 Å². The summed E-state index contributed by atoms with van der Waals surface area (Å²) in [5.74, 6) is 0. The summed E-state index contributed by atoms with van der Waals surface area (Å²) in [4.78, 5) is 8.82. The zero-order chi connectivity index (χ0) is 13.7. The van der Waals surface area contributed by atoms with E-state index in [1.54, 1.807) is 24.2 Å². The Morgan fingerprint density at radius 1 is 1.21 bits per heavy atom. The SMILES string of the molecule is CCC(N)C(Sc1ncccc1Br)c1ccccn1. The van der Waals surface area contributed by atoms with Crippen LogP contribution in [0.15, 0.2) is 52.2 Å². The maximum atomic E-state index is 6.24. The molecule has 0 bridgehead atoms. The molecule has 0 aliphatic heterocycles. The third-order valence-electron chi connectivity index (χ3n) is 2.80. The molecule has 0 fully saturated rings. The molecule has 0 saturated carbocycles. The van der Waals surface area contributed by atoms with Gasteiger partial charge in [0.2, 0.25) is 0 Å². The van der Waals surface area contributed by atoms with Gasteiger partial charge in [-0.1, -0.05) is 24.8 Å². The van der Waals surface area contributed by atoms with Crippen molar-refractivity contribution in [3.8, 4) is 0 Å². The minimum atomic E-state index is 0.0498. The van der Waals surface area contributed by atoms with Gasteiger partial charge >= 0.3 is 0 Å². The predicted molar refractivity (Wildman–Crippen MR) is 83.0 cm³/mol. The maximum absolute atomic E-state index is 6.24. The van der Waals surface area contributed by atoms with Crippen LogP contribution in [0.25, 0.3) is 0 Å². The molecule has 0 amide bonds. The van der Waals surface area contributed by atoms with E-state index in [9.17, 15) is 0 Å². The van der Waals surface area contributed by atoms with Crippen molar-refractivity contribution >= 4 is 27.7 Å². The molecule has 2 aromatic heterocycles. The Bertz CT molecular complexity index is 521. The fraction of sp³-hybridized carbons (Fsp3) is 0.286. The van der Waals surface area contributed by atoms with Gasteiger partial charge in [-0.3, -0.25) is 4.98 Å². The van der Waals surface area contributed by atoms with Crippen LogP contribution in [0.3, 0.4) is 0 Å². The van der Waals surface area contributed by atoms with Gasteiger partial charge in [0.15, 0.2) is 0 Å². The fourth-order valence-electron chi connectivity index (χ4n) is 1.70. The van der Waals surface area contributed by atoms with Gasteiger partial charge in [0.1, 0.15) is 5.03 Å². The van der Waals surface area contributed by atoms with E-state index >= 15 is 0 Å². The third-order valence-corrected chi connectivity index (χ3v) is 5.10. The maximum Gasteiger partial charge on any atom is 0.111 e. The van der Waals surface area contributed by atoms with Crippen molar-refractivity contribution in [2.75, 3.05) is 0 Å². The zero-order valence-corrected chi connectivity index (χ0v) is 13.1. The monoisotopic (exact) mass is 337 g/mol. The Kier molecular flexibility index (Phi) is 5.36. The number of thioether (sulfide) groups is 1. The van der Waals surface area contributed by atoms with E-state index in [1.807, 2.05) is 30.3 Å². The lowest BCUT2D eigenvalue weighted by atomic mass is 10.1. The molecule has 2 rings (SSSR count). The summed E-state index contributed by atoms with van der Waals surface area (Å²) in [6.07, 6.45) is 4.50. The summed E-state index contributed by atoms with van der Waals surface area (Å²) in [5, 5.41) is 1.06. The highest BCUT2D eigenvalue weighted by Gasteiger charge is 2.22. The van der Waals surface area contributed by atoms with Crippen LogP contribution >= 0.6 is 27.7 Å².